The zero-order valence-electron chi connectivity index (χ0n) is 7.01. The highest BCUT2D eigenvalue weighted by atomic mass is 35.5. The second-order valence-electron chi connectivity index (χ2n) is 2.45. The van der Waals surface area contributed by atoms with E-state index in [9.17, 15) is 4.79 Å². The molecule has 0 aliphatic carbocycles. The van der Waals surface area contributed by atoms with Gasteiger partial charge in [0, 0.05) is 16.6 Å². The highest BCUT2D eigenvalue weighted by Gasteiger charge is 2.03. The molecular weight excluding hydrogens is 211 g/mol. The Balaban J connectivity index is 2.92. The molecule has 0 radical (unpaired) electrons. The van der Waals surface area contributed by atoms with Gasteiger partial charge in [-0.05, 0) is 30.2 Å². The molecule has 1 rings (SSSR count). The summed E-state index contributed by atoms with van der Waals surface area (Å²) >= 11 is 10.9. The van der Waals surface area contributed by atoms with Gasteiger partial charge in [0.2, 0.25) is 0 Å². The van der Waals surface area contributed by atoms with Crippen LogP contribution in [0.5, 0.6) is 5.75 Å². The monoisotopic (exact) mass is 218 g/mol. The number of hydrogen-bond donors (Lipinski definition) is 0. The SMILES string of the molecule is CCc1cc(OC(=O)Cl)ccc1Cl. The normalized spacial score (nSPS) is 9.77. The summed E-state index contributed by atoms with van der Waals surface area (Å²) in [6.07, 6.45) is 0.784. The average molecular weight is 219 g/mol. The Morgan fingerprint density at radius 1 is 1.54 bits per heavy atom. The van der Waals surface area contributed by atoms with Gasteiger partial charge in [-0.2, -0.15) is 0 Å². The van der Waals surface area contributed by atoms with Crippen LogP contribution in [0.1, 0.15) is 12.5 Å². The minimum absolute atomic E-state index is 0.418. The minimum atomic E-state index is -0.843. The van der Waals surface area contributed by atoms with E-state index >= 15 is 0 Å². The number of rotatable bonds is 2. The largest absolute Gasteiger partial charge is 0.414 e. The smallest absolute Gasteiger partial charge is 0.409 e. The van der Waals surface area contributed by atoms with Crippen LogP contribution in [-0.2, 0) is 6.42 Å². The first kappa shape index (κ1) is 10.4. The molecule has 4 heteroatoms. The van der Waals surface area contributed by atoms with E-state index in [0.29, 0.717) is 10.8 Å². The van der Waals surface area contributed by atoms with E-state index < -0.39 is 5.43 Å². The summed E-state index contributed by atoms with van der Waals surface area (Å²) in [5.74, 6) is 0.418. The molecule has 13 heavy (non-hydrogen) atoms. The number of carbonyl (C=O) groups is 1. The molecule has 0 spiro atoms. The van der Waals surface area contributed by atoms with E-state index in [1.807, 2.05) is 6.92 Å². The second kappa shape index (κ2) is 4.49. The lowest BCUT2D eigenvalue weighted by atomic mass is 10.2. The maximum Gasteiger partial charge on any atom is 0.409 e. The molecule has 0 aromatic heterocycles. The molecule has 0 saturated heterocycles. The van der Waals surface area contributed by atoms with Gasteiger partial charge in [-0.15, -0.1) is 0 Å². The van der Waals surface area contributed by atoms with Gasteiger partial charge >= 0.3 is 5.43 Å². The van der Waals surface area contributed by atoms with Gasteiger partial charge in [-0.25, -0.2) is 4.79 Å². The van der Waals surface area contributed by atoms with Crippen LogP contribution in [0, 0.1) is 0 Å². The molecule has 0 aliphatic heterocycles. The van der Waals surface area contributed by atoms with Crippen molar-refractivity contribution < 1.29 is 9.53 Å². The first-order chi connectivity index (χ1) is 6.13. The molecule has 0 unspecified atom stereocenters. The fraction of sp³-hybridized carbons (Fsp3) is 0.222. The summed E-state index contributed by atoms with van der Waals surface area (Å²) in [6.45, 7) is 1.97. The lowest BCUT2D eigenvalue weighted by Gasteiger charge is -2.03. The zero-order valence-corrected chi connectivity index (χ0v) is 8.52. The summed E-state index contributed by atoms with van der Waals surface area (Å²) in [5, 5.41) is 0.664. The van der Waals surface area contributed by atoms with E-state index in [2.05, 4.69) is 4.74 Å². The maximum absolute atomic E-state index is 10.4. The van der Waals surface area contributed by atoms with Gasteiger partial charge < -0.3 is 4.74 Å². The number of ether oxygens (including phenoxy) is 1. The summed E-state index contributed by atoms with van der Waals surface area (Å²) < 4.78 is 4.68. The Morgan fingerprint density at radius 3 is 2.77 bits per heavy atom. The molecule has 0 N–H and O–H groups in total. The fourth-order valence-electron chi connectivity index (χ4n) is 0.978. The zero-order chi connectivity index (χ0) is 9.84. The number of halogens is 2. The van der Waals surface area contributed by atoms with Crippen LogP contribution in [0.2, 0.25) is 5.02 Å². The van der Waals surface area contributed by atoms with Gasteiger partial charge in [-0.1, -0.05) is 18.5 Å². The molecular formula is C9H8Cl2O2. The standard InChI is InChI=1S/C9H8Cl2O2/c1-2-6-5-7(13-9(11)12)3-4-8(6)10/h3-5H,2H2,1H3. The molecule has 0 bridgehead atoms. The molecule has 2 nitrogen and oxygen atoms in total. The highest BCUT2D eigenvalue weighted by molar-refractivity contribution is 6.61. The van der Waals surface area contributed by atoms with Crippen molar-refractivity contribution in [2.24, 2.45) is 0 Å². The molecule has 1 aromatic rings. The number of aryl methyl sites for hydroxylation is 1. The molecule has 1 aromatic carbocycles. The Hall–Kier alpha value is -0.730. The van der Waals surface area contributed by atoms with Crippen LogP contribution in [-0.4, -0.2) is 5.43 Å². The van der Waals surface area contributed by atoms with E-state index in [0.717, 1.165) is 12.0 Å². The van der Waals surface area contributed by atoms with Crippen LogP contribution >= 0.6 is 23.2 Å². The van der Waals surface area contributed by atoms with Gasteiger partial charge in [-0.3, -0.25) is 0 Å². The lowest BCUT2D eigenvalue weighted by molar-refractivity contribution is 0.225. The van der Waals surface area contributed by atoms with Crippen LogP contribution in [0.25, 0.3) is 0 Å². The van der Waals surface area contributed by atoms with Crippen LogP contribution in [0.4, 0.5) is 4.79 Å². The predicted molar refractivity (Wildman–Crippen MR) is 52.7 cm³/mol. The summed E-state index contributed by atoms with van der Waals surface area (Å²) in [6, 6.07) is 4.97. The van der Waals surface area contributed by atoms with Gasteiger partial charge in [0.15, 0.2) is 0 Å². The van der Waals surface area contributed by atoms with Crippen LogP contribution in [0.3, 0.4) is 0 Å². The highest BCUT2D eigenvalue weighted by Crippen LogP contribution is 2.22. The average Bonchev–Trinajstić information content (AvgIpc) is 2.07. The van der Waals surface area contributed by atoms with Gasteiger partial charge in [0.25, 0.3) is 0 Å². The Kier molecular flexibility index (Phi) is 3.58. The third kappa shape index (κ3) is 2.90. The van der Waals surface area contributed by atoms with E-state index in [-0.39, 0.29) is 0 Å². The second-order valence-corrected chi connectivity index (χ2v) is 3.16. The van der Waals surface area contributed by atoms with Crippen molar-refractivity contribution in [2.45, 2.75) is 13.3 Å². The summed E-state index contributed by atoms with van der Waals surface area (Å²) in [7, 11) is 0. The molecule has 0 saturated carbocycles. The molecule has 0 aliphatic rings. The maximum atomic E-state index is 10.4. The molecule has 0 amide bonds. The van der Waals surface area contributed by atoms with Crippen molar-refractivity contribution in [3.8, 4) is 5.75 Å². The Morgan fingerprint density at radius 2 is 2.23 bits per heavy atom. The van der Waals surface area contributed by atoms with E-state index in [1.54, 1.807) is 18.2 Å². The summed E-state index contributed by atoms with van der Waals surface area (Å²) in [4.78, 5) is 10.4. The minimum Gasteiger partial charge on any atom is -0.414 e. The van der Waals surface area contributed by atoms with Gasteiger partial charge in [0.1, 0.15) is 5.75 Å². The fourth-order valence-corrected chi connectivity index (χ4v) is 1.32. The third-order valence-corrected chi connectivity index (χ3v) is 2.04. The van der Waals surface area contributed by atoms with Crippen molar-refractivity contribution in [1.29, 1.82) is 0 Å². The van der Waals surface area contributed by atoms with Crippen LogP contribution < -0.4 is 4.74 Å². The van der Waals surface area contributed by atoms with Crippen molar-refractivity contribution in [3.05, 3.63) is 28.8 Å². The quantitative estimate of drug-likeness (QED) is 0.709. The number of benzene rings is 1. The van der Waals surface area contributed by atoms with Crippen molar-refractivity contribution in [2.75, 3.05) is 0 Å². The molecule has 0 atom stereocenters. The van der Waals surface area contributed by atoms with Crippen LogP contribution in [0.15, 0.2) is 18.2 Å². The molecule has 70 valence electrons. The van der Waals surface area contributed by atoms with E-state index in [1.165, 1.54) is 0 Å². The van der Waals surface area contributed by atoms with Crippen molar-refractivity contribution >= 4 is 28.6 Å². The molecule has 0 heterocycles. The van der Waals surface area contributed by atoms with Crippen molar-refractivity contribution in [1.82, 2.24) is 0 Å². The first-order valence-electron chi connectivity index (χ1n) is 3.79. The molecule has 0 fully saturated rings. The number of hydrogen-bond acceptors (Lipinski definition) is 2. The number of carbonyl (C=O) groups excluding carboxylic acids is 1. The summed E-state index contributed by atoms with van der Waals surface area (Å²) in [5.41, 5.74) is 0.0847. The lowest BCUT2D eigenvalue weighted by Crippen LogP contribution is -1.96. The Bertz CT molecular complexity index is 323. The first-order valence-corrected chi connectivity index (χ1v) is 4.54. The van der Waals surface area contributed by atoms with E-state index in [4.69, 9.17) is 23.2 Å². The third-order valence-electron chi connectivity index (χ3n) is 1.60. The Labute approximate surface area is 86.4 Å². The van der Waals surface area contributed by atoms with Gasteiger partial charge in [0.05, 0.1) is 0 Å². The topological polar surface area (TPSA) is 26.3 Å². The predicted octanol–water partition coefficient (Wildman–Crippen LogP) is 3.64. The van der Waals surface area contributed by atoms with Crippen molar-refractivity contribution in [3.63, 3.8) is 0 Å².